The van der Waals surface area contributed by atoms with Crippen molar-refractivity contribution in [2.24, 2.45) is 0 Å². The van der Waals surface area contributed by atoms with Gasteiger partial charge < -0.3 is 0 Å². The molecule has 0 unspecified atom stereocenters. The molecule has 2 aromatic rings. The van der Waals surface area contributed by atoms with E-state index < -0.39 is 17.5 Å². The van der Waals surface area contributed by atoms with Crippen molar-refractivity contribution in [3.63, 3.8) is 0 Å². The van der Waals surface area contributed by atoms with Crippen LogP contribution >= 0.6 is 0 Å². The molecule has 0 saturated carbocycles. The highest BCUT2D eigenvalue weighted by Gasteiger charge is 2.19. The van der Waals surface area contributed by atoms with Crippen LogP contribution in [0.3, 0.4) is 0 Å². The lowest BCUT2D eigenvalue weighted by Gasteiger charge is -2.16. The fourth-order valence-electron chi connectivity index (χ4n) is 2.43. The Hall–Kier alpha value is -1.77. The van der Waals surface area contributed by atoms with E-state index in [0.29, 0.717) is 5.56 Å². The zero-order chi connectivity index (χ0) is 15.7. The third-order valence-corrected chi connectivity index (χ3v) is 3.63. The molecule has 0 aliphatic heterocycles. The lowest BCUT2D eigenvalue weighted by atomic mass is 9.89. The highest BCUT2D eigenvalue weighted by molar-refractivity contribution is 5.70. The summed E-state index contributed by atoms with van der Waals surface area (Å²) in [5, 5.41) is 0. The van der Waals surface area contributed by atoms with Crippen LogP contribution in [0, 0.1) is 17.5 Å². The van der Waals surface area contributed by atoms with Gasteiger partial charge in [-0.05, 0) is 41.2 Å². The van der Waals surface area contributed by atoms with E-state index in [1.165, 1.54) is 12.1 Å². The van der Waals surface area contributed by atoms with Gasteiger partial charge in [-0.15, -0.1) is 0 Å². The van der Waals surface area contributed by atoms with Gasteiger partial charge in [0.25, 0.3) is 0 Å². The summed E-state index contributed by atoms with van der Waals surface area (Å²) < 4.78 is 41.9. The van der Waals surface area contributed by atoms with Crippen LogP contribution in [-0.4, -0.2) is 0 Å². The monoisotopic (exact) mass is 292 g/mol. The molecule has 0 aliphatic rings. The highest BCUT2D eigenvalue weighted by Crippen LogP contribution is 2.35. The van der Waals surface area contributed by atoms with Crippen LogP contribution in [0.5, 0.6) is 0 Å². The lowest BCUT2D eigenvalue weighted by Crippen LogP contribution is -2.01. The standard InChI is InChI=1S/C18H19F3/c1-10(2)12-5-6-16(20)15(7-12)18-14(11(3)4)8-13(19)9-17(18)21/h5-11H,1-4H3. The number of benzene rings is 2. The van der Waals surface area contributed by atoms with Crippen LogP contribution in [0.4, 0.5) is 13.2 Å². The predicted molar refractivity (Wildman–Crippen MR) is 79.9 cm³/mol. The molecule has 112 valence electrons. The minimum Gasteiger partial charge on any atom is -0.207 e. The number of halogens is 3. The first kappa shape index (κ1) is 15.6. The van der Waals surface area contributed by atoms with E-state index in [4.69, 9.17) is 0 Å². The van der Waals surface area contributed by atoms with Gasteiger partial charge in [0.1, 0.15) is 17.5 Å². The van der Waals surface area contributed by atoms with Gasteiger partial charge in [-0.25, -0.2) is 13.2 Å². The zero-order valence-corrected chi connectivity index (χ0v) is 12.7. The molecule has 0 heterocycles. The minimum absolute atomic E-state index is 0.104. The first-order valence-corrected chi connectivity index (χ1v) is 7.10. The molecule has 0 amide bonds. The Kier molecular flexibility index (Phi) is 4.40. The van der Waals surface area contributed by atoms with Crippen LogP contribution in [0.25, 0.3) is 11.1 Å². The van der Waals surface area contributed by atoms with E-state index in [-0.39, 0.29) is 23.0 Å². The average Bonchev–Trinajstić information content (AvgIpc) is 2.38. The summed E-state index contributed by atoms with van der Waals surface area (Å²) >= 11 is 0. The molecule has 2 aromatic carbocycles. The van der Waals surface area contributed by atoms with Crippen molar-refractivity contribution in [3.8, 4) is 11.1 Å². The van der Waals surface area contributed by atoms with Crippen molar-refractivity contribution in [2.45, 2.75) is 39.5 Å². The Labute approximate surface area is 123 Å². The topological polar surface area (TPSA) is 0 Å². The Bertz CT molecular complexity index is 658. The summed E-state index contributed by atoms with van der Waals surface area (Å²) in [5.41, 5.74) is 1.76. The second-order valence-electron chi connectivity index (χ2n) is 5.90. The molecule has 0 saturated heterocycles. The number of hydrogen-bond acceptors (Lipinski definition) is 0. The number of rotatable bonds is 3. The molecule has 0 spiro atoms. The van der Waals surface area contributed by atoms with Gasteiger partial charge >= 0.3 is 0 Å². The van der Waals surface area contributed by atoms with E-state index >= 15 is 0 Å². The summed E-state index contributed by atoms with van der Waals surface area (Å²) in [4.78, 5) is 0. The lowest BCUT2D eigenvalue weighted by molar-refractivity contribution is 0.576. The third-order valence-electron chi connectivity index (χ3n) is 3.63. The maximum atomic E-state index is 14.3. The molecule has 0 aliphatic carbocycles. The van der Waals surface area contributed by atoms with Crippen molar-refractivity contribution in [3.05, 3.63) is 58.9 Å². The second kappa shape index (κ2) is 5.92. The van der Waals surface area contributed by atoms with E-state index in [0.717, 1.165) is 11.6 Å². The SMILES string of the molecule is CC(C)c1ccc(F)c(-c2c(F)cc(F)cc2C(C)C)c1. The van der Waals surface area contributed by atoms with Crippen molar-refractivity contribution >= 4 is 0 Å². The Balaban J connectivity index is 2.74. The Morgan fingerprint density at radius 3 is 2.00 bits per heavy atom. The molecule has 21 heavy (non-hydrogen) atoms. The van der Waals surface area contributed by atoms with Crippen LogP contribution in [-0.2, 0) is 0 Å². The molecule has 0 bridgehead atoms. The molecule has 0 radical (unpaired) electrons. The fraction of sp³-hybridized carbons (Fsp3) is 0.333. The molecular formula is C18H19F3. The maximum Gasteiger partial charge on any atom is 0.134 e. The van der Waals surface area contributed by atoms with Gasteiger partial charge in [-0.2, -0.15) is 0 Å². The second-order valence-corrected chi connectivity index (χ2v) is 5.90. The van der Waals surface area contributed by atoms with Crippen LogP contribution < -0.4 is 0 Å². The van der Waals surface area contributed by atoms with E-state index in [2.05, 4.69) is 0 Å². The van der Waals surface area contributed by atoms with Crippen molar-refractivity contribution in [2.75, 3.05) is 0 Å². The van der Waals surface area contributed by atoms with E-state index in [1.54, 1.807) is 12.1 Å². The average molecular weight is 292 g/mol. The van der Waals surface area contributed by atoms with Crippen molar-refractivity contribution in [1.29, 1.82) is 0 Å². The van der Waals surface area contributed by atoms with Crippen molar-refractivity contribution < 1.29 is 13.2 Å². The predicted octanol–water partition coefficient (Wildman–Crippen LogP) is 6.02. The summed E-state index contributed by atoms with van der Waals surface area (Å²) in [5.74, 6) is -1.76. The molecule has 0 fully saturated rings. The highest BCUT2D eigenvalue weighted by atomic mass is 19.1. The van der Waals surface area contributed by atoms with Gasteiger partial charge in [0, 0.05) is 17.2 Å². The summed E-state index contributed by atoms with van der Waals surface area (Å²) in [6, 6.07) is 6.78. The van der Waals surface area contributed by atoms with Crippen LogP contribution in [0.1, 0.15) is 50.7 Å². The quantitative estimate of drug-likeness (QED) is 0.649. The minimum atomic E-state index is -0.724. The first-order valence-electron chi connectivity index (χ1n) is 7.10. The smallest absolute Gasteiger partial charge is 0.134 e. The Morgan fingerprint density at radius 2 is 1.43 bits per heavy atom. The summed E-state index contributed by atoms with van der Waals surface area (Å²) in [7, 11) is 0. The molecular weight excluding hydrogens is 273 g/mol. The molecule has 3 heteroatoms. The van der Waals surface area contributed by atoms with Gasteiger partial charge in [-0.3, -0.25) is 0 Å². The van der Waals surface area contributed by atoms with Gasteiger partial charge in [0.2, 0.25) is 0 Å². The van der Waals surface area contributed by atoms with Gasteiger partial charge in [-0.1, -0.05) is 33.8 Å². The Morgan fingerprint density at radius 1 is 0.762 bits per heavy atom. The van der Waals surface area contributed by atoms with Crippen molar-refractivity contribution in [1.82, 2.24) is 0 Å². The van der Waals surface area contributed by atoms with E-state index in [1.807, 2.05) is 27.7 Å². The number of hydrogen-bond donors (Lipinski definition) is 0. The fourth-order valence-corrected chi connectivity index (χ4v) is 2.43. The molecule has 0 aromatic heterocycles. The van der Waals surface area contributed by atoms with Gasteiger partial charge in [0.05, 0.1) is 0 Å². The van der Waals surface area contributed by atoms with E-state index in [9.17, 15) is 13.2 Å². The first-order chi connectivity index (χ1) is 9.81. The molecule has 0 atom stereocenters. The molecule has 0 N–H and O–H groups in total. The summed E-state index contributed by atoms with van der Waals surface area (Å²) in [6.07, 6.45) is 0. The van der Waals surface area contributed by atoms with Gasteiger partial charge in [0.15, 0.2) is 0 Å². The maximum absolute atomic E-state index is 14.3. The molecule has 2 rings (SSSR count). The van der Waals surface area contributed by atoms with Crippen LogP contribution in [0.2, 0.25) is 0 Å². The zero-order valence-electron chi connectivity index (χ0n) is 12.7. The normalized spacial score (nSPS) is 11.5. The third kappa shape index (κ3) is 3.12. The summed E-state index contributed by atoms with van der Waals surface area (Å²) in [6.45, 7) is 7.65. The largest absolute Gasteiger partial charge is 0.207 e. The molecule has 0 nitrogen and oxygen atoms in total. The van der Waals surface area contributed by atoms with Crippen LogP contribution in [0.15, 0.2) is 30.3 Å².